The molecule has 27 heavy (non-hydrogen) atoms. The summed E-state index contributed by atoms with van der Waals surface area (Å²) in [6, 6.07) is 17.9. The highest BCUT2D eigenvalue weighted by atomic mass is 32.2. The number of fused-ring (bicyclic) bond motifs is 3. The fourth-order valence-corrected chi connectivity index (χ4v) is 3.76. The van der Waals surface area contributed by atoms with Crippen LogP contribution < -0.4 is 0 Å². The Morgan fingerprint density at radius 1 is 1.00 bits per heavy atom. The van der Waals surface area contributed by atoms with Gasteiger partial charge in [-0.05, 0) is 19.1 Å². The van der Waals surface area contributed by atoms with Crippen LogP contribution in [0.5, 0.6) is 0 Å². The Hall–Kier alpha value is -3.19. The van der Waals surface area contributed by atoms with Crippen molar-refractivity contribution in [2.24, 2.45) is 0 Å². The van der Waals surface area contributed by atoms with Crippen LogP contribution in [0.3, 0.4) is 0 Å². The minimum atomic E-state index is 0.562. The highest BCUT2D eigenvalue weighted by Gasteiger charge is 2.14. The van der Waals surface area contributed by atoms with Gasteiger partial charge in [0.05, 0.1) is 17.5 Å². The summed E-state index contributed by atoms with van der Waals surface area (Å²) in [6.45, 7) is 1.89. The van der Waals surface area contributed by atoms with E-state index in [1.807, 2.05) is 61.5 Å². The molecule has 0 aliphatic carbocycles. The Kier molecular flexibility index (Phi) is 3.86. The SMILES string of the molecule is Cc1nc2c3ccccc3nc(SCc3ncc(-c4ccccc4)o3)n2n1. The fourth-order valence-electron chi connectivity index (χ4n) is 2.97. The largest absolute Gasteiger partial charge is 0.440 e. The van der Waals surface area contributed by atoms with Gasteiger partial charge < -0.3 is 4.42 Å². The summed E-state index contributed by atoms with van der Waals surface area (Å²) in [7, 11) is 0. The molecule has 0 aliphatic heterocycles. The molecule has 0 amide bonds. The van der Waals surface area contributed by atoms with Crippen molar-refractivity contribution in [3.63, 3.8) is 0 Å². The fraction of sp³-hybridized carbons (Fsp3) is 0.100. The van der Waals surface area contributed by atoms with E-state index in [2.05, 4.69) is 15.1 Å². The average molecular weight is 373 g/mol. The van der Waals surface area contributed by atoms with Crippen molar-refractivity contribution < 1.29 is 4.42 Å². The van der Waals surface area contributed by atoms with Crippen molar-refractivity contribution in [3.8, 4) is 11.3 Å². The van der Waals surface area contributed by atoms with Gasteiger partial charge in [0.15, 0.2) is 16.6 Å². The first-order valence-electron chi connectivity index (χ1n) is 8.53. The van der Waals surface area contributed by atoms with Crippen molar-refractivity contribution in [1.29, 1.82) is 0 Å². The van der Waals surface area contributed by atoms with E-state index in [4.69, 9.17) is 9.40 Å². The maximum absolute atomic E-state index is 5.89. The molecule has 0 N–H and O–H groups in total. The van der Waals surface area contributed by atoms with Gasteiger partial charge in [-0.1, -0.05) is 54.2 Å². The molecule has 0 bridgehead atoms. The molecule has 0 saturated carbocycles. The maximum atomic E-state index is 5.89. The molecule has 0 spiro atoms. The number of hydrogen-bond donors (Lipinski definition) is 0. The van der Waals surface area contributed by atoms with Gasteiger partial charge in [-0.25, -0.2) is 15.0 Å². The smallest absolute Gasteiger partial charge is 0.205 e. The van der Waals surface area contributed by atoms with Crippen molar-refractivity contribution in [3.05, 3.63) is 72.5 Å². The quantitative estimate of drug-likeness (QED) is 0.340. The van der Waals surface area contributed by atoms with Crippen LogP contribution in [0.15, 0.2) is 70.4 Å². The molecular weight excluding hydrogens is 358 g/mol. The van der Waals surface area contributed by atoms with Crippen molar-refractivity contribution >= 4 is 28.3 Å². The maximum Gasteiger partial charge on any atom is 0.205 e. The van der Waals surface area contributed by atoms with Crippen LogP contribution in [0.4, 0.5) is 0 Å². The Morgan fingerprint density at radius 3 is 2.70 bits per heavy atom. The standard InChI is InChI=1S/C20H15N5OS/c1-13-22-19-15-9-5-6-10-16(15)23-20(25(19)24-13)27-12-18-21-11-17(26-18)14-7-3-2-4-8-14/h2-11H,12H2,1H3. The zero-order chi connectivity index (χ0) is 18.2. The van der Waals surface area contributed by atoms with E-state index >= 15 is 0 Å². The summed E-state index contributed by atoms with van der Waals surface area (Å²) >= 11 is 1.53. The van der Waals surface area contributed by atoms with Crippen LogP contribution in [0, 0.1) is 6.92 Å². The van der Waals surface area contributed by atoms with E-state index < -0.39 is 0 Å². The van der Waals surface area contributed by atoms with Gasteiger partial charge in [-0.2, -0.15) is 4.52 Å². The number of para-hydroxylation sites is 1. The molecule has 3 heterocycles. The minimum Gasteiger partial charge on any atom is -0.440 e. The first-order valence-corrected chi connectivity index (χ1v) is 9.51. The van der Waals surface area contributed by atoms with Crippen molar-refractivity contribution in [2.45, 2.75) is 17.8 Å². The van der Waals surface area contributed by atoms with E-state index in [9.17, 15) is 0 Å². The number of aromatic nitrogens is 5. The summed E-state index contributed by atoms with van der Waals surface area (Å²) in [5.41, 5.74) is 2.73. The number of hydrogen-bond acceptors (Lipinski definition) is 6. The number of aryl methyl sites for hydroxylation is 1. The number of thioether (sulfide) groups is 1. The molecule has 5 aromatic rings. The van der Waals surface area contributed by atoms with Crippen molar-refractivity contribution in [2.75, 3.05) is 0 Å². The average Bonchev–Trinajstić information content (AvgIpc) is 3.33. The third kappa shape index (κ3) is 2.96. The predicted octanol–water partition coefficient (Wildman–Crippen LogP) is 4.53. The van der Waals surface area contributed by atoms with Crippen molar-refractivity contribution in [1.82, 2.24) is 24.6 Å². The topological polar surface area (TPSA) is 69.1 Å². The summed E-state index contributed by atoms with van der Waals surface area (Å²) in [6.07, 6.45) is 1.76. The molecule has 0 unspecified atom stereocenters. The molecule has 0 saturated heterocycles. The summed E-state index contributed by atoms with van der Waals surface area (Å²) in [5, 5.41) is 6.26. The summed E-state index contributed by atoms with van der Waals surface area (Å²) in [4.78, 5) is 13.7. The van der Waals surface area contributed by atoms with E-state index in [-0.39, 0.29) is 0 Å². The predicted molar refractivity (Wildman–Crippen MR) is 105 cm³/mol. The number of nitrogens with zero attached hydrogens (tertiary/aromatic N) is 5. The lowest BCUT2D eigenvalue weighted by molar-refractivity contribution is 0.529. The van der Waals surface area contributed by atoms with E-state index in [0.717, 1.165) is 38.9 Å². The molecule has 0 fully saturated rings. The molecular formula is C20H15N5OS. The van der Waals surface area contributed by atoms with Gasteiger partial charge in [-0.15, -0.1) is 5.10 Å². The zero-order valence-electron chi connectivity index (χ0n) is 14.5. The van der Waals surface area contributed by atoms with Crippen LogP contribution in [-0.4, -0.2) is 24.6 Å². The van der Waals surface area contributed by atoms with Crippen LogP contribution >= 0.6 is 11.8 Å². The third-order valence-corrected chi connectivity index (χ3v) is 5.11. The van der Waals surface area contributed by atoms with Gasteiger partial charge in [0.2, 0.25) is 5.89 Å². The second-order valence-corrected chi connectivity index (χ2v) is 7.02. The molecule has 3 aromatic heterocycles. The van der Waals surface area contributed by atoms with Crippen LogP contribution in [0.2, 0.25) is 0 Å². The highest BCUT2D eigenvalue weighted by Crippen LogP contribution is 2.27. The first-order chi connectivity index (χ1) is 13.3. The molecule has 132 valence electrons. The van der Waals surface area contributed by atoms with E-state index in [1.165, 1.54) is 11.8 Å². The van der Waals surface area contributed by atoms with Gasteiger partial charge in [0.1, 0.15) is 5.82 Å². The van der Waals surface area contributed by atoms with Gasteiger partial charge in [0, 0.05) is 10.9 Å². The monoisotopic (exact) mass is 373 g/mol. The highest BCUT2D eigenvalue weighted by molar-refractivity contribution is 7.98. The molecule has 0 aliphatic rings. The van der Waals surface area contributed by atoms with Gasteiger partial charge in [-0.3, -0.25) is 0 Å². The number of rotatable bonds is 4. The second kappa shape index (κ2) is 6.51. The van der Waals surface area contributed by atoms with Crippen LogP contribution in [0.25, 0.3) is 27.9 Å². The summed E-state index contributed by atoms with van der Waals surface area (Å²) < 4.78 is 7.69. The molecule has 2 aromatic carbocycles. The van der Waals surface area contributed by atoms with E-state index in [0.29, 0.717) is 11.6 Å². The normalized spacial score (nSPS) is 11.4. The zero-order valence-corrected chi connectivity index (χ0v) is 15.3. The van der Waals surface area contributed by atoms with Gasteiger partial charge >= 0.3 is 0 Å². The summed E-state index contributed by atoms with van der Waals surface area (Å²) in [5.74, 6) is 2.70. The lowest BCUT2D eigenvalue weighted by atomic mass is 10.2. The minimum absolute atomic E-state index is 0.562. The lowest BCUT2D eigenvalue weighted by Crippen LogP contribution is -1.98. The first kappa shape index (κ1) is 16.0. The molecule has 5 rings (SSSR count). The number of benzene rings is 2. The molecule has 0 atom stereocenters. The van der Waals surface area contributed by atoms with Crippen LogP contribution in [-0.2, 0) is 5.75 Å². The van der Waals surface area contributed by atoms with Crippen LogP contribution in [0.1, 0.15) is 11.7 Å². The van der Waals surface area contributed by atoms with E-state index in [1.54, 1.807) is 10.7 Å². The Labute approximate surface area is 159 Å². The molecule has 0 radical (unpaired) electrons. The lowest BCUT2D eigenvalue weighted by Gasteiger charge is -2.05. The Balaban J connectivity index is 1.47. The Morgan fingerprint density at radius 2 is 1.81 bits per heavy atom. The third-order valence-electron chi connectivity index (χ3n) is 4.19. The second-order valence-electron chi connectivity index (χ2n) is 6.08. The van der Waals surface area contributed by atoms with Gasteiger partial charge in [0.25, 0.3) is 0 Å². The molecule has 6 nitrogen and oxygen atoms in total. The molecule has 7 heteroatoms. The Bertz CT molecular complexity index is 1250. The number of oxazole rings is 1.